The van der Waals surface area contributed by atoms with E-state index in [1.54, 1.807) is 0 Å². The maximum absolute atomic E-state index is 12.6. The topological polar surface area (TPSA) is 117 Å². The summed E-state index contributed by atoms with van der Waals surface area (Å²) in [6, 6.07) is 7.77. The number of hydrogen-bond acceptors (Lipinski definition) is 5. The molecule has 3 aromatic rings. The molecule has 0 atom stereocenters. The van der Waals surface area contributed by atoms with Gasteiger partial charge in [0.25, 0.3) is 0 Å². The number of aromatic amines is 1. The number of aromatic nitrogens is 3. The third-order valence-electron chi connectivity index (χ3n) is 4.25. The summed E-state index contributed by atoms with van der Waals surface area (Å²) in [6.07, 6.45) is 2.92. The van der Waals surface area contributed by atoms with Crippen molar-refractivity contribution < 1.29 is 9.59 Å². The third-order valence-corrected chi connectivity index (χ3v) is 4.25. The summed E-state index contributed by atoms with van der Waals surface area (Å²) in [5.74, 6) is -1.05. The van der Waals surface area contributed by atoms with Crippen molar-refractivity contribution in [2.75, 3.05) is 17.6 Å². The zero-order valence-corrected chi connectivity index (χ0v) is 14.6. The van der Waals surface area contributed by atoms with Gasteiger partial charge in [0.05, 0.1) is 29.0 Å². The molecule has 26 heavy (non-hydrogen) atoms. The lowest BCUT2D eigenvalue weighted by molar-refractivity contribution is -0.143. The van der Waals surface area contributed by atoms with Crippen molar-refractivity contribution in [3.8, 4) is 0 Å². The van der Waals surface area contributed by atoms with Crippen LogP contribution in [-0.4, -0.2) is 38.4 Å². The minimum atomic E-state index is -0.733. The zero-order chi connectivity index (χ0) is 18.7. The maximum atomic E-state index is 12.6. The number of nitrogens with one attached hydrogen (secondary N) is 2. The van der Waals surface area contributed by atoms with E-state index in [1.807, 2.05) is 38.1 Å². The predicted octanol–water partition coefficient (Wildman–Crippen LogP) is 1.84. The van der Waals surface area contributed by atoms with Crippen molar-refractivity contribution in [1.29, 1.82) is 0 Å². The molecular weight excluding hydrogens is 332 g/mol. The molecule has 0 fully saturated rings. The molecule has 2 amide bonds. The first-order valence-electron chi connectivity index (χ1n) is 8.23. The van der Waals surface area contributed by atoms with Crippen molar-refractivity contribution in [1.82, 2.24) is 20.1 Å². The molecule has 8 heteroatoms. The molecule has 1 aromatic carbocycles. The molecule has 0 aliphatic heterocycles. The number of hydrogen-bond donors (Lipinski definition) is 3. The number of carbonyl (C=O) groups is 2. The predicted molar refractivity (Wildman–Crippen MR) is 99.2 cm³/mol. The fourth-order valence-electron chi connectivity index (χ4n) is 2.69. The highest BCUT2D eigenvalue weighted by atomic mass is 16.2. The summed E-state index contributed by atoms with van der Waals surface area (Å²) < 4.78 is 0. The van der Waals surface area contributed by atoms with E-state index in [4.69, 9.17) is 5.73 Å². The standard InChI is InChI=1S/C18H20N6O2/c1-3-24(10-12-7-5-4-6-11(12)2)18(26)17(25)22-14-9-20-16(19)13-8-21-23-15(13)14/h4-9H,3,10H2,1-2H3,(H2,19,20)(H,21,23)(H,22,25). The number of rotatable bonds is 4. The van der Waals surface area contributed by atoms with Gasteiger partial charge in [-0.05, 0) is 25.0 Å². The van der Waals surface area contributed by atoms with Gasteiger partial charge in [-0.15, -0.1) is 0 Å². The Balaban J connectivity index is 1.77. The number of aryl methyl sites for hydroxylation is 1. The molecule has 4 N–H and O–H groups in total. The SMILES string of the molecule is CCN(Cc1ccccc1C)C(=O)C(=O)Nc1cnc(N)c2cn[nH]c12. The van der Waals surface area contributed by atoms with Gasteiger partial charge in [-0.25, -0.2) is 4.98 Å². The average Bonchev–Trinajstić information content (AvgIpc) is 3.14. The molecule has 8 nitrogen and oxygen atoms in total. The molecular formula is C18H20N6O2. The number of carbonyl (C=O) groups excluding carboxylic acids is 2. The minimum absolute atomic E-state index is 0.299. The van der Waals surface area contributed by atoms with Gasteiger partial charge in [-0.1, -0.05) is 24.3 Å². The lowest BCUT2D eigenvalue weighted by Crippen LogP contribution is -2.39. The van der Waals surface area contributed by atoms with Crippen LogP contribution in [0.25, 0.3) is 10.9 Å². The van der Waals surface area contributed by atoms with E-state index in [0.717, 1.165) is 11.1 Å². The summed E-state index contributed by atoms with van der Waals surface area (Å²) >= 11 is 0. The quantitative estimate of drug-likeness (QED) is 0.619. The number of H-pyrrole nitrogens is 1. The Morgan fingerprint density at radius 3 is 2.77 bits per heavy atom. The van der Waals surface area contributed by atoms with Crippen molar-refractivity contribution >= 4 is 34.2 Å². The van der Waals surface area contributed by atoms with Gasteiger partial charge in [0, 0.05) is 13.1 Å². The monoisotopic (exact) mass is 352 g/mol. The van der Waals surface area contributed by atoms with Crippen molar-refractivity contribution in [2.45, 2.75) is 20.4 Å². The average molecular weight is 352 g/mol. The van der Waals surface area contributed by atoms with Crippen LogP contribution in [0.5, 0.6) is 0 Å². The fourth-order valence-corrected chi connectivity index (χ4v) is 2.69. The number of likely N-dealkylation sites (N-methyl/N-ethyl adjacent to an activating group) is 1. The van der Waals surface area contributed by atoms with Crippen molar-refractivity contribution in [3.63, 3.8) is 0 Å². The number of fused-ring (bicyclic) bond motifs is 1. The van der Waals surface area contributed by atoms with Gasteiger partial charge >= 0.3 is 11.8 Å². The second-order valence-electron chi connectivity index (χ2n) is 5.92. The zero-order valence-electron chi connectivity index (χ0n) is 14.6. The highest BCUT2D eigenvalue weighted by Gasteiger charge is 2.22. The van der Waals surface area contributed by atoms with E-state index >= 15 is 0 Å². The van der Waals surface area contributed by atoms with Gasteiger partial charge in [-0.3, -0.25) is 14.7 Å². The molecule has 3 rings (SSSR count). The van der Waals surface area contributed by atoms with E-state index in [2.05, 4.69) is 20.5 Å². The Labute approximate surface area is 150 Å². The molecule has 0 unspecified atom stereocenters. The minimum Gasteiger partial charge on any atom is -0.383 e. The number of nitrogen functional groups attached to an aromatic ring is 1. The van der Waals surface area contributed by atoms with Crippen LogP contribution in [0.2, 0.25) is 0 Å². The number of amides is 2. The van der Waals surface area contributed by atoms with Crippen molar-refractivity contribution in [2.24, 2.45) is 0 Å². The Hall–Kier alpha value is -3.42. The van der Waals surface area contributed by atoms with E-state index in [9.17, 15) is 9.59 Å². The Bertz CT molecular complexity index is 965. The normalized spacial score (nSPS) is 10.7. The lowest BCUT2D eigenvalue weighted by Gasteiger charge is -2.21. The van der Waals surface area contributed by atoms with Gasteiger partial charge < -0.3 is 16.0 Å². The van der Waals surface area contributed by atoms with Crippen LogP contribution in [0.3, 0.4) is 0 Å². The molecule has 0 spiro atoms. The van der Waals surface area contributed by atoms with E-state index in [0.29, 0.717) is 35.5 Å². The maximum Gasteiger partial charge on any atom is 0.314 e. The Morgan fingerprint density at radius 2 is 2.04 bits per heavy atom. The van der Waals surface area contributed by atoms with E-state index in [-0.39, 0.29) is 0 Å². The summed E-state index contributed by atoms with van der Waals surface area (Å²) in [5.41, 5.74) is 8.73. The molecule has 0 aliphatic rings. The van der Waals surface area contributed by atoms with Crippen LogP contribution >= 0.6 is 0 Å². The first kappa shape index (κ1) is 17.4. The first-order valence-corrected chi connectivity index (χ1v) is 8.23. The Morgan fingerprint density at radius 1 is 1.27 bits per heavy atom. The number of anilines is 2. The highest BCUT2D eigenvalue weighted by molar-refractivity contribution is 6.40. The summed E-state index contributed by atoms with van der Waals surface area (Å²) in [7, 11) is 0. The molecule has 2 aromatic heterocycles. The second-order valence-corrected chi connectivity index (χ2v) is 5.92. The van der Waals surface area contributed by atoms with Crippen LogP contribution in [-0.2, 0) is 16.1 Å². The Kier molecular flexibility index (Phi) is 4.83. The number of nitrogens with two attached hydrogens (primary N) is 1. The first-order chi connectivity index (χ1) is 12.5. The van der Waals surface area contributed by atoms with Gasteiger partial charge in [0.1, 0.15) is 5.82 Å². The molecule has 0 saturated carbocycles. The number of nitrogens with zero attached hydrogens (tertiary/aromatic N) is 3. The molecule has 2 heterocycles. The van der Waals surface area contributed by atoms with Crippen molar-refractivity contribution in [3.05, 3.63) is 47.8 Å². The highest BCUT2D eigenvalue weighted by Crippen LogP contribution is 2.23. The van der Waals surface area contributed by atoms with Crippen LogP contribution in [0.1, 0.15) is 18.1 Å². The van der Waals surface area contributed by atoms with Crippen LogP contribution in [0, 0.1) is 6.92 Å². The number of pyridine rings is 1. The largest absolute Gasteiger partial charge is 0.383 e. The summed E-state index contributed by atoms with van der Waals surface area (Å²) in [5, 5.41) is 9.83. The van der Waals surface area contributed by atoms with Crippen LogP contribution in [0.15, 0.2) is 36.7 Å². The third kappa shape index (κ3) is 3.34. The van der Waals surface area contributed by atoms with E-state index < -0.39 is 11.8 Å². The van der Waals surface area contributed by atoms with Gasteiger partial charge in [0.2, 0.25) is 0 Å². The van der Waals surface area contributed by atoms with Crippen LogP contribution in [0.4, 0.5) is 11.5 Å². The molecule has 0 aliphatic carbocycles. The van der Waals surface area contributed by atoms with Gasteiger partial charge in [0.15, 0.2) is 0 Å². The van der Waals surface area contributed by atoms with Gasteiger partial charge in [-0.2, -0.15) is 5.10 Å². The summed E-state index contributed by atoms with van der Waals surface area (Å²) in [6.45, 7) is 4.60. The second kappa shape index (κ2) is 7.22. The summed E-state index contributed by atoms with van der Waals surface area (Å²) in [4.78, 5) is 30.5. The number of benzene rings is 1. The smallest absolute Gasteiger partial charge is 0.314 e. The molecule has 0 bridgehead atoms. The lowest BCUT2D eigenvalue weighted by atomic mass is 10.1. The molecule has 134 valence electrons. The fraction of sp³-hybridized carbons (Fsp3) is 0.222. The molecule has 0 radical (unpaired) electrons. The molecule has 0 saturated heterocycles. The van der Waals surface area contributed by atoms with Crippen LogP contribution < -0.4 is 11.1 Å². The van der Waals surface area contributed by atoms with E-state index in [1.165, 1.54) is 17.3 Å².